The summed E-state index contributed by atoms with van der Waals surface area (Å²) in [6.07, 6.45) is 12.9. The molecule has 0 saturated heterocycles. The molecule has 1 atom stereocenters. The second-order valence-electron chi connectivity index (χ2n) is 8.48. The topological polar surface area (TPSA) is 88.4 Å². The largest absolute Gasteiger partial charge is 0.481 e. The van der Waals surface area contributed by atoms with Crippen molar-refractivity contribution < 1.29 is 19.1 Å². The predicted octanol–water partition coefficient (Wildman–Crippen LogP) is 5.01. The van der Waals surface area contributed by atoms with E-state index < -0.39 is 5.92 Å². The molecule has 1 heterocycles. The lowest BCUT2D eigenvalue weighted by molar-refractivity contribution is -0.119. The van der Waals surface area contributed by atoms with Gasteiger partial charge >= 0.3 is 0 Å². The Morgan fingerprint density at radius 3 is 2.45 bits per heavy atom. The van der Waals surface area contributed by atoms with Gasteiger partial charge in [-0.3, -0.25) is 9.59 Å². The van der Waals surface area contributed by atoms with Crippen molar-refractivity contribution in [2.75, 3.05) is 18.5 Å². The Morgan fingerprint density at radius 2 is 1.71 bits per heavy atom. The number of Topliss-reactive ketones (excluding diaryl/α,β-unsaturated/α-hetero) is 1. The number of carbonyl (C=O) groups excluding carboxylic acids is 2. The van der Waals surface area contributed by atoms with E-state index in [2.05, 4.69) is 23.2 Å². The number of carbonyl (C=O) groups is 2. The number of hydrogen-bond donors (Lipinski definition) is 1. The van der Waals surface area contributed by atoms with Gasteiger partial charge in [-0.15, -0.1) is 12.8 Å². The van der Waals surface area contributed by atoms with Crippen molar-refractivity contribution in [3.63, 3.8) is 0 Å². The average molecular weight is 501 g/mol. The van der Waals surface area contributed by atoms with Crippen LogP contribution in [-0.2, 0) is 16.0 Å². The molecule has 3 aromatic carbocycles. The van der Waals surface area contributed by atoms with Gasteiger partial charge < -0.3 is 14.8 Å². The Morgan fingerprint density at radius 1 is 0.974 bits per heavy atom. The fourth-order valence-corrected chi connectivity index (χ4v) is 4.26. The molecule has 0 radical (unpaired) electrons. The summed E-state index contributed by atoms with van der Waals surface area (Å²) in [6, 6.07) is 21.8. The number of rotatable bonds is 10. The van der Waals surface area contributed by atoms with E-state index in [4.69, 9.17) is 22.3 Å². The van der Waals surface area contributed by atoms with Crippen LogP contribution in [0.3, 0.4) is 0 Å². The van der Waals surface area contributed by atoms with Gasteiger partial charge in [0.2, 0.25) is 0 Å². The van der Waals surface area contributed by atoms with Crippen molar-refractivity contribution in [3.05, 3.63) is 89.0 Å². The third kappa shape index (κ3) is 5.76. The molecule has 1 aliphatic rings. The van der Waals surface area contributed by atoms with E-state index in [1.54, 1.807) is 30.3 Å². The molecule has 1 N–H and O–H groups in total. The van der Waals surface area contributed by atoms with Crippen molar-refractivity contribution in [1.82, 2.24) is 0 Å². The van der Waals surface area contributed by atoms with Crippen molar-refractivity contribution in [2.24, 2.45) is 0 Å². The highest BCUT2D eigenvalue weighted by molar-refractivity contribution is 6.35. The minimum Gasteiger partial charge on any atom is -0.481 e. The fraction of sp³-hybridized carbons (Fsp3) is 0.156. The van der Waals surface area contributed by atoms with Crippen LogP contribution in [-0.4, -0.2) is 24.9 Å². The summed E-state index contributed by atoms with van der Waals surface area (Å²) in [5.74, 6) is 4.58. The first-order valence-corrected chi connectivity index (χ1v) is 11.9. The first-order chi connectivity index (χ1) is 18.5. The lowest BCUT2D eigenvalue weighted by atomic mass is 9.91. The molecule has 4 rings (SSSR count). The molecule has 1 aliphatic heterocycles. The molecule has 0 aromatic heterocycles. The summed E-state index contributed by atoms with van der Waals surface area (Å²) >= 11 is 0. The van der Waals surface area contributed by atoms with Crippen molar-refractivity contribution in [3.8, 4) is 42.3 Å². The predicted molar refractivity (Wildman–Crippen MR) is 146 cm³/mol. The summed E-state index contributed by atoms with van der Waals surface area (Å²) < 4.78 is 11.2. The molecule has 3 aromatic rings. The van der Waals surface area contributed by atoms with E-state index in [0.29, 0.717) is 34.6 Å². The summed E-state index contributed by atoms with van der Waals surface area (Å²) in [4.78, 5) is 25.7. The lowest BCUT2D eigenvalue weighted by Crippen LogP contribution is -2.12. The second kappa shape index (κ2) is 12.1. The number of anilines is 1. The molecule has 0 bridgehead atoms. The standard InChI is InChI=1S/C32H24N2O4/c1-3-18-37-25-15-12-22(13-16-25)28(21-33)30(35)17-14-23-8-7-9-24(31(23)38-19-4-2)20-27-26-10-5-6-11-29(26)34-32(27)36/h1-2,5-13,15-16,20,28H,14,17-19H2,(H,34,36)/b27-20+. The number of ketones is 1. The Bertz CT molecular complexity index is 1510. The zero-order valence-electron chi connectivity index (χ0n) is 20.6. The van der Waals surface area contributed by atoms with E-state index in [1.165, 1.54) is 0 Å². The quantitative estimate of drug-likeness (QED) is 0.312. The summed E-state index contributed by atoms with van der Waals surface area (Å²) in [5.41, 5.74) is 4.07. The van der Waals surface area contributed by atoms with Gasteiger partial charge in [-0.25, -0.2) is 0 Å². The fourth-order valence-electron chi connectivity index (χ4n) is 4.26. The number of nitrogens with one attached hydrogen (secondary N) is 1. The Labute approximate surface area is 221 Å². The van der Waals surface area contributed by atoms with Crippen LogP contribution in [0, 0.1) is 36.0 Å². The number of amides is 1. The first kappa shape index (κ1) is 25.8. The van der Waals surface area contributed by atoms with Crippen LogP contribution in [0.2, 0.25) is 0 Å². The molecule has 1 unspecified atom stereocenters. The maximum Gasteiger partial charge on any atom is 0.256 e. The molecule has 1 amide bonds. The number of nitriles is 1. The van der Waals surface area contributed by atoms with Crippen LogP contribution in [0.25, 0.3) is 11.6 Å². The van der Waals surface area contributed by atoms with Gasteiger partial charge in [0.05, 0.1) is 6.07 Å². The molecule has 38 heavy (non-hydrogen) atoms. The highest BCUT2D eigenvalue weighted by atomic mass is 16.5. The number of para-hydroxylation sites is 2. The molecule has 6 heteroatoms. The smallest absolute Gasteiger partial charge is 0.256 e. The van der Waals surface area contributed by atoms with E-state index >= 15 is 0 Å². The molecule has 0 fully saturated rings. The van der Waals surface area contributed by atoms with Gasteiger partial charge in [0.15, 0.2) is 5.78 Å². The molecule has 0 spiro atoms. The van der Waals surface area contributed by atoms with E-state index in [1.807, 2.05) is 42.5 Å². The highest BCUT2D eigenvalue weighted by Gasteiger charge is 2.25. The maximum atomic E-state index is 13.1. The summed E-state index contributed by atoms with van der Waals surface area (Å²) in [5, 5.41) is 12.6. The van der Waals surface area contributed by atoms with Gasteiger partial charge in [0.25, 0.3) is 5.91 Å². The number of hydrogen-bond acceptors (Lipinski definition) is 5. The third-order valence-electron chi connectivity index (χ3n) is 6.06. The number of fused-ring (bicyclic) bond motifs is 1. The minimum absolute atomic E-state index is 0.0266. The third-order valence-corrected chi connectivity index (χ3v) is 6.06. The normalized spacial score (nSPS) is 13.4. The Hall–Kier alpha value is -5.25. The van der Waals surface area contributed by atoms with Crippen molar-refractivity contribution in [2.45, 2.75) is 18.8 Å². The molecular formula is C32H24N2O4. The van der Waals surface area contributed by atoms with E-state index in [-0.39, 0.29) is 31.3 Å². The van der Waals surface area contributed by atoms with Crippen LogP contribution in [0.15, 0.2) is 66.7 Å². The number of terminal acetylenes is 2. The second-order valence-corrected chi connectivity index (χ2v) is 8.48. The number of nitrogens with zero attached hydrogens (tertiary/aromatic N) is 1. The lowest BCUT2D eigenvalue weighted by Gasteiger charge is -2.14. The molecule has 6 nitrogen and oxygen atoms in total. The van der Waals surface area contributed by atoms with Crippen molar-refractivity contribution in [1.29, 1.82) is 5.26 Å². The zero-order valence-corrected chi connectivity index (χ0v) is 20.6. The molecule has 0 saturated carbocycles. The van der Waals surface area contributed by atoms with Crippen LogP contribution in [0.5, 0.6) is 11.5 Å². The summed E-state index contributed by atoms with van der Waals surface area (Å²) in [6.45, 7) is 0.162. The Kier molecular flexibility index (Phi) is 8.25. The van der Waals surface area contributed by atoms with Crippen molar-refractivity contribution >= 4 is 29.0 Å². The first-order valence-electron chi connectivity index (χ1n) is 11.9. The van der Waals surface area contributed by atoms with Crippen LogP contribution in [0.1, 0.15) is 34.6 Å². The van der Waals surface area contributed by atoms with Gasteiger partial charge in [0, 0.05) is 28.8 Å². The van der Waals surface area contributed by atoms with Crippen LogP contribution < -0.4 is 14.8 Å². The zero-order chi connectivity index (χ0) is 26.9. The summed E-state index contributed by atoms with van der Waals surface area (Å²) in [7, 11) is 0. The van der Waals surface area contributed by atoms with Crippen LogP contribution in [0.4, 0.5) is 5.69 Å². The highest BCUT2D eigenvalue weighted by Crippen LogP contribution is 2.36. The molecule has 186 valence electrons. The van der Waals surface area contributed by atoms with E-state index in [9.17, 15) is 14.9 Å². The number of ether oxygens (including phenoxy) is 2. The molecular weight excluding hydrogens is 476 g/mol. The van der Waals surface area contributed by atoms with Gasteiger partial charge in [-0.05, 0) is 41.8 Å². The maximum absolute atomic E-state index is 13.1. The SMILES string of the molecule is C#CCOc1ccc(C(C#N)C(=O)CCc2cccc(/C=C3/C(=O)Nc4ccccc43)c2OCC#C)cc1. The monoisotopic (exact) mass is 500 g/mol. The van der Waals surface area contributed by atoms with Gasteiger partial charge in [-0.1, -0.05) is 60.4 Å². The number of aryl methyl sites for hydroxylation is 1. The number of benzene rings is 3. The minimum atomic E-state index is -0.921. The van der Waals surface area contributed by atoms with Gasteiger partial charge in [0.1, 0.15) is 30.6 Å². The molecule has 0 aliphatic carbocycles. The average Bonchev–Trinajstić information content (AvgIpc) is 3.25. The van der Waals surface area contributed by atoms with E-state index in [0.717, 1.165) is 16.8 Å². The van der Waals surface area contributed by atoms with Gasteiger partial charge in [-0.2, -0.15) is 5.26 Å². The Balaban J connectivity index is 1.56. The van der Waals surface area contributed by atoms with Crippen LogP contribution >= 0.6 is 0 Å².